The maximum absolute atomic E-state index is 11.9. The van der Waals surface area contributed by atoms with E-state index in [0.29, 0.717) is 18.7 Å². The van der Waals surface area contributed by atoms with E-state index in [1.165, 1.54) is 4.70 Å². The van der Waals surface area contributed by atoms with Crippen molar-refractivity contribution in [3.8, 4) is 0 Å². The van der Waals surface area contributed by atoms with Gasteiger partial charge in [0.2, 0.25) is 0 Å². The molecule has 1 heterocycles. The molecule has 4 nitrogen and oxygen atoms in total. The summed E-state index contributed by atoms with van der Waals surface area (Å²) in [6.07, 6.45) is 0. The maximum atomic E-state index is 11.9. The zero-order valence-electron chi connectivity index (χ0n) is 11.3. The Labute approximate surface area is 128 Å². The number of amides is 1. The highest BCUT2D eigenvalue weighted by molar-refractivity contribution is 7.17. The van der Waals surface area contributed by atoms with Gasteiger partial charge < -0.3 is 15.4 Å². The van der Waals surface area contributed by atoms with Gasteiger partial charge in [-0.05, 0) is 35.0 Å². The van der Waals surface area contributed by atoms with Crippen LogP contribution in [0.25, 0.3) is 10.1 Å². The van der Waals surface area contributed by atoms with E-state index >= 15 is 0 Å². The molecule has 0 aliphatic heterocycles. The molecule has 1 aromatic carbocycles. The Kier molecular flexibility index (Phi) is 7.54. The molecule has 1 aromatic heterocycles. The summed E-state index contributed by atoms with van der Waals surface area (Å²) in [5, 5.41) is 9.23. The standard InChI is InChI=1S/C14H18N2O2S.ClH/c1-18-8-7-15-5-6-16-14(17)12-2-3-13-11(10-12)4-9-19-13;/h2-4,9-10,15H,5-8H2,1H3,(H,16,17);1H. The fourth-order valence-corrected chi connectivity index (χ4v) is 2.54. The van der Waals surface area contributed by atoms with Crippen LogP contribution in [0.2, 0.25) is 0 Å². The van der Waals surface area contributed by atoms with E-state index in [1.54, 1.807) is 18.4 Å². The molecule has 0 unspecified atom stereocenters. The largest absolute Gasteiger partial charge is 0.383 e. The number of thiophene rings is 1. The number of halogens is 1. The van der Waals surface area contributed by atoms with Gasteiger partial charge in [0.15, 0.2) is 0 Å². The number of nitrogens with one attached hydrogen (secondary N) is 2. The van der Waals surface area contributed by atoms with Crippen LogP contribution >= 0.6 is 23.7 Å². The SMILES string of the molecule is COCCNCCNC(=O)c1ccc2sccc2c1.Cl. The lowest BCUT2D eigenvalue weighted by molar-refractivity contribution is 0.0954. The second-order valence-electron chi connectivity index (χ2n) is 4.17. The third-order valence-corrected chi connectivity index (χ3v) is 3.68. The minimum Gasteiger partial charge on any atom is -0.383 e. The van der Waals surface area contributed by atoms with Crippen molar-refractivity contribution in [3.63, 3.8) is 0 Å². The van der Waals surface area contributed by atoms with Gasteiger partial charge >= 0.3 is 0 Å². The molecule has 0 aliphatic rings. The molecule has 0 bridgehead atoms. The van der Waals surface area contributed by atoms with Crippen LogP contribution < -0.4 is 10.6 Å². The number of benzene rings is 1. The minimum atomic E-state index is -0.0263. The first kappa shape index (κ1) is 16.9. The minimum absolute atomic E-state index is 0. The van der Waals surface area contributed by atoms with E-state index in [4.69, 9.17) is 4.74 Å². The van der Waals surface area contributed by atoms with Crippen LogP contribution in [0.1, 0.15) is 10.4 Å². The highest BCUT2D eigenvalue weighted by Crippen LogP contribution is 2.21. The number of methoxy groups -OCH3 is 1. The molecule has 0 atom stereocenters. The molecule has 0 saturated heterocycles. The number of ether oxygens (including phenoxy) is 1. The summed E-state index contributed by atoms with van der Waals surface area (Å²) in [7, 11) is 1.67. The van der Waals surface area contributed by atoms with Crippen molar-refractivity contribution in [3.05, 3.63) is 35.2 Å². The Morgan fingerprint density at radius 2 is 2.10 bits per heavy atom. The summed E-state index contributed by atoms with van der Waals surface area (Å²) in [5.74, 6) is -0.0263. The van der Waals surface area contributed by atoms with E-state index in [9.17, 15) is 4.79 Å². The van der Waals surface area contributed by atoms with Crippen molar-refractivity contribution in [2.24, 2.45) is 0 Å². The third-order valence-electron chi connectivity index (χ3n) is 2.78. The number of fused-ring (bicyclic) bond motifs is 1. The number of rotatable bonds is 7. The summed E-state index contributed by atoms with van der Waals surface area (Å²) in [4.78, 5) is 11.9. The first-order valence-electron chi connectivity index (χ1n) is 6.26. The Morgan fingerprint density at radius 3 is 2.90 bits per heavy atom. The lowest BCUT2D eigenvalue weighted by Gasteiger charge is -2.06. The summed E-state index contributed by atoms with van der Waals surface area (Å²) in [5.41, 5.74) is 0.711. The van der Waals surface area contributed by atoms with Gasteiger partial charge in [0.05, 0.1) is 6.61 Å². The van der Waals surface area contributed by atoms with Gasteiger partial charge in [-0.1, -0.05) is 0 Å². The molecule has 6 heteroatoms. The Balaban J connectivity index is 0.00000200. The van der Waals surface area contributed by atoms with Crippen LogP contribution in [0.15, 0.2) is 29.6 Å². The van der Waals surface area contributed by atoms with Crippen LogP contribution in [0.5, 0.6) is 0 Å². The van der Waals surface area contributed by atoms with Crippen molar-refractivity contribution < 1.29 is 9.53 Å². The molecular weight excluding hydrogens is 296 g/mol. The monoisotopic (exact) mass is 314 g/mol. The van der Waals surface area contributed by atoms with E-state index in [0.717, 1.165) is 18.5 Å². The molecule has 2 rings (SSSR count). The molecule has 1 amide bonds. The normalized spacial score (nSPS) is 10.2. The van der Waals surface area contributed by atoms with Crippen LogP contribution in [0.3, 0.4) is 0 Å². The lowest BCUT2D eigenvalue weighted by Crippen LogP contribution is -2.33. The molecule has 20 heavy (non-hydrogen) atoms. The van der Waals surface area contributed by atoms with Gasteiger partial charge in [-0.15, -0.1) is 23.7 Å². The van der Waals surface area contributed by atoms with E-state index in [2.05, 4.69) is 10.6 Å². The lowest BCUT2D eigenvalue weighted by atomic mass is 10.1. The van der Waals surface area contributed by atoms with Crippen LogP contribution in [0, 0.1) is 0 Å². The Hall–Kier alpha value is -1.14. The van der Waals surface area contributed by atoms with Crippen LogP contribution in [-0.2, 0) is 4.74 Å². The summed E-state index contributed by atoms with van der Waals surface area (Å²) < 4.78 is 6.13. The average Bonchev–Trinajstić information content (AvgIpc) is 2.89. The molecule has 110 valence electrons. The van der Waals surface area contributed by atoms with Gasteiger partial charge in [-0.25, -0.2) is 0 Å². The van der Waals surface area contributed by atoms with Gasteiger partial charge in [0.1, 0.15) is 0 Å². The number of hydrogen-bond donors (Lipinski definition) is 2. The smallest absolute Gasteiger partial charge is 0.251 e. The topological polar surface area (TPSA) is 50.4 Å². The summed E-state index contributed by atoms with van der Waals surface area (Å²) in [6, 6.07) is 7.82. The highest BCUT2D eigenvalue weighted by Gasteiger charge is 2.05. The molecule has 0 fully saturated rings. The zero-order valence-corrected chi connectivity index (χ0v) is 13.0. The average molecular weight is 315 g/mol. The van der Waals surface area contributed by atoms with Gasteiger partial charge in [-0.2, -0.15) is 0 Å². The molecule has 0 radical (unpaired) electrons. The van der Waals surface area contributed by atoms with Crippen LogP contribution in [-0.4, -0.2) is 39.3 Å². The molecule has 0 saturated carbocycles. The van der Waals surface area contributed by atoms with Gasteiger partial charge in [-0.3, -0.25) is 4.79 Å². The van der Waals surface area contributed by atoms with Crippen molar-refractivity contribution in [2.75, 3.05) is 33.4 Å². The predicted octanol–water partition coefficient (Wildman–Crippen LogP) is 2.29. The fourth-order valence-electron chi connectivity index (χ4n) is 1.77. The maximum Gasteiger partial charge on any atom is 0.251 e. The highest BCUT2D eigenvalue weighted by atomic mass is 35.5. The van der Waals surface area contributed by atoms with Crippen molar-refractivity contribution in [1.29, 1.82) is 0 Å². The first-order chi connectivity index (χ1) is 9.31. The Bertz CT molecular complexity index is 545. The summed E-state index contributed by atoms with van der Waals surface area (Å²) in [6.45, 7) is 2.84. The van der Waals surface area contributed by atoms with Crippen LogP contribution in [0.4, 0.5) is 0 Å². The number of carbonyl (C=O) groups excluding carboxylic acids is 1. The third kappa shape index (κ3) is 4.76. The number of hydrogen-bond acceptors (Lipinski definition) is 4. The zero-order chi connectivity index (χ0) is 13.5. The van der Waals surface area contributed by atoms with Crippen molar-refractivity contribution >= 4 is 39.7 Å². The fraction of sp³-hybridized carbons (Fsp3) is 0.357. The second-order valence-corrected chi connectivity index (χ2v) is 5.12. The number of carbonyl (C=O) groups is 1. The molecule has 2 N–H and O–H groups in total. The molecule has 0 aliphatic carbocycles. The Morgan fingerprint density at radius 1 is 1.25 bits per heavy atom. The molecular formula is C14H19ClN2O2S. The van der Waals surface area contributed by atoms with Crippen molar-refractivity contribution in [1.82, 2.24) is 10.6 Å². The van der Waals surface area contributed by atoms with E-state index < -0.39 is 0 Å². The quantitative estimate of drug-likeness (QED) is 0.771. The molecule has 2 aromatic rings. The van der Waals surface area contributed by atoms with E-state index in [-0.39, 0.29) is 18.3 Å². The van der Waals surface area contributed by atoms with Gasteiger partial charge in [0, 0.05) is 37.0 Å². The second kappa shape index (κ2) is 8.92. The molecule has 0 spiro atoms. The van der Waals surface area contributed by atoms with Gasteiger partial charge in [0.25, 0.3) is 5.91 Å². The predicted molar refractivity (Wildman–Crippen MR) is 86.2 cm³/mol. The van der Waals surface area contributed by atoms with E-state index in [1.807, 2.05) is 29.6 Å². The summed E-state index contributed by atoms with van der Waals surface area (Å²) >= 11 is 1.68. The van der Waals surface area contributed by atoms with Crippen molar-refractivity contribution in [2.45, 2.75) is 0 Å². The first-order valence-corrected chi connectivity index (χ1v) is 7.14.